The van der Waals surface area contributed by atoms with Gasteiger partial charge < -0.3 is 5.32 Å². The molecule has 3 rings (SSSR count). The van der Waals surface area contributed by atoms with Crippen molar-refractivity contribution in [2.45, 2.75) is 13.5 Å². The van der Waals surface area contributed by atoms with E-state index in [4.69, 9.17) is 0 Å². The molecule has 3 aromatic rings. The van der Waals surface area contributed by atoms with Gasteiger partial charge in [-0.05, 0) is 36.8 Å². The summed E-state index contributed by atoms with van der Waals surface area (Å²) in [4.78, 5) is 16.3. The zero-order valence-corrected chi connectivity index (χ0v) is 13.5. The number of hydrogen-bond donors (Lipinski definition) is 1. The van der Waals surface area contributed by atoms with Crippen LogP contribution in [0.3, 0.4) is 0 Å². The highest BCUT2D eigenvalue weighted by atomic mass is 19.1. The molecule has 122 valence electrons. The van der Waals surface area contributed by atoms with Gasteiger partial charge in [0.05, 0.1) is 11.8 Å². The minimum absolute atomic E-state index is 0.104. The molecule has 6 heteroatoms. The first-order chi connectivity index (χ1) is 11.5. The highest BCUT2D eigenvalue weighted by molar-refractivity contribution is 5.95. The Balaban J connectivity index is 1.78. The topological polar surface area (TPSA) is 59.8 Å². The first-order valence-electron chi connectivity index (χ1n) is 7.52. The second-order valence-corrected chi connectivity index (χ2v) is 5.53. The Bertz CT molecular complexity index is 888. The van der Waals surface area contributed by atoms with Crippen LogP contribution in [0, 0.1) is 12.7 Å². The number of halogens is 1. The van der Waals surface area contributed by atoms with Crippen molar-refractivity contribution in [2.75, 3.05) is 0 Å². The number of carbonyl (C=O) groups is 1. The van der Waals surface area contributed by atoms with Gasteiger partial charge in [-0.3, -0.25) is 14.5 Å². The van der Waals surface area contributed by atoms with E-state index < -0.39 is 0 Å². The standard InChI is InChI=1S/C18H17FN4O/c1-12-16(4-3-7-20-12)18(24)21-9-14-8-13(5-6-17(14)19)15-10-22-23(2)11-15/h3-8,10-11H,9H2,1-2H3,(H,21,24). The Kier molecular flexibility index (Phi) is 4.37. The molecular formula is C18H17FN4O. The quantitative estimate of drug-likeness (QED) is 0.803. The van der Waals surface area contributed by atoms with Gasteiger partial charge in [0, 0.05) is 42.8 Å². The molecule has 0 saturated heterocycles. The Morgan fingerprint density at radius 2 is 2.12 bits per heavy atom. The van der Waals surface area contributed by atoms with Gasteiger partial charge in [0.25, 0.3) is 5.91 Å². The number of rotatable bonds is 4. The predicted octanol–water partition coefficient (Wildman–Crippen LogP) is 2.86. The normalized spacial score (nSPS) is 10.6. The van der Waals surface area contributed by atoms with Crippen molar-refractivity contribution in [2.24, 2.45) is 7.05 Å². The van der Waals surface area contributed by atoms with E-state index in [1.165, 1.54) is 6.07 Å². The molecule has 0 saturated carbocycles. The van der Waals surface area contributed by atoms with Gasteiger partial charge in [0.2, 0.25) is 0 Å². The van der Waals surface area contributed by atoms with Gasteiger partial charge in [-0.2, -0.15) is 5.10 Å². The lowest BCUT2D eigenvalue weighted by atomic mass is 10.1. The van der Waals surface area contributed by atoms with Crippen LogP contribution in [-0.2, 0) is 13.6 Å². The predicted molar refractivity (Wildman–Crippen MR) is 88.7 cm³/mol. The van der Waals surface area contributed by atoms with E-state index in [9.17, 15) is 9.18 Å². The summed E-state index contributed by atoms with van der Waals surface area (Å²) in [6, 6.07) is 8.22. The maximum Gasteiger partial charge on any atom is 0.253 e. The van der Waals surface area contributed by atoms with Crippen molar-refractivity contribution in [1.82, 2.24) is 20.1 Å². The number of aryl methyl sites for hydroxylation is 2. The third-order valence-corrected chi connectivity index (χ3v) is 3.77. The van der Waals surface area contributed by atoms with E-state index in [2.05, 4.69) is 15.4 Å². The van der Waals surface area contributed by atoms with Gasteiger partial charge >= 0.3 is 0 Å². The molecule has 0 fully saturated rings. The summed E-state index contributed by atoms with van der Waals surface area (Å²) < 4.78 is 15.7. The van der Waals surface area contributed by atoms with E-state index in [1.807, 2.05) is 13.2 Å². The average Bonchev–Trinajstić information content (AvgIpc) is 3.00. The first kappa shape index (κ1) is 15.9. The average molecular weight is 324 g/mol. The van der Waals surface area contributed by atoms with Crippen molar-refractivity contribution in [3.8, 4) is 11.1 Å². The minimum Gasteiger partial charge on any atom is -0.348 e. The van der Waals surface area contributed by atoms with Crippen LogP contribution in [-0.4, -0.2) is 20.7 Å². The van der Waals surface area contributed by atoms with Crippen molar-refractivity contribution < 1.29 is 9.18 Å². The summed E-state index contributed by atoms with van der Waals surface area (Å²) >= 11 is 0. The molecule has 1 aromatic carbocycles. The van der Waals surface area contributed by atoms with E-state index in [1.54, 1.807) is 48.3 Å². The largest absolute Gasteiger partial charge is 0.348 e. The maximum atomic E-state index is 14.0. The molecule has 2 aromatic heterocycles. The Morgan fingerprint density at radius 1 is 1.29 bits per heavy atom. The summed E-state index contributed by atoms with van der Waals surface area (Å²) in [5.41, 5.74) is 3.30. The molecule has 0 bridgehead atoms. The third-order valence-electron chi connectivity index (χ3n) is 3.77. The summed E-state index contributed by atoms with van der Waals surface area (Å²) in [5.74, 6) is -0.627. The molecule has 2 heterocycles. The number of amides is 1. The zero-order valence-electron chi connectivity index (χ0n) is 13.5. The number of pyridine rings is 1. The summed E-state index contributed by atoms with van der Waals surface area (Å²) in [7, 11) is 1.82. The van der Waals surface area contributed by atoms with Gasteiger partial charge in [-0.15, -0.1) is 0 Å². The molecule has 1 N–H and O–H groups in total. The van der Waals surface area contributed by atoms with E-state index in [-0.39, 0.29) is 18.3 Å². The lowest BCUT2D eigenvalue weighted by Crippen LogP contribution is -2.24. The van der Waals surface area contributed by atoms with Crippen LogP contribution >= 0.6 is 0 Å². The molecule has 24 heavy (non-hydrogen) atoms. The minimum atomic E-state index is -0.356. The van der Waals surface area contributed by atoms with Crippen LogP contribution in [0.5, 0.6) is 0 Å². The zero-order chi connectivity index (χ0) is 17.1. The van der Waals surface area contributed by atoms with Crippen molar-refractivity contribution in [3.63, 3.8) is 0 Å². The van der Waals surface area contributed by atoms with Crippen molar-refractivity contribution in [3.05, 3.63) is 71.6 Å². The molecule has 1 amide bonds. The fraction of sp³-hybridized carbons (Fsp3) is 0.167. The monoisotopic (exact) mass is 324 g/mol. The van der Waals surface area contributed by atoms with Crippen molar-refractivity contribution in [1.29, 1.82) is 0 Å². The summed E-state index contributed by atoms with van der Waals surface area (Å²) in [6.45, 7) is 1.87. The number of benzene rings is 1. The third kappa shape index (κ3) is 3.32. The van der Waals surface area contributed by atoms with Crippen LogP contribution in [0.1, 0.15) is 21.6 Å². The fourth-order valence-electron chi connectivity index (χ4n) is 2.46. The lowest BCUT2D eigenvalue weighted by molar-refractivity contribution is 0.0949. The Morgan fingerprint density at radius 3 is 2.83 bits per heavy atom. The van der Waals surface area contributed by atoms with Crippen LogP contribution in [0.4, 0.5) is 4.39 Å². The molecule has 0 aliphatic carbocycles. The number of aromatic nitrogens is 3. The molecule has 0 spiro atoms. The molecule has 0 aliphatic heterocycles. The maximum absolute atomic E-state index is 14.0. The molecule has 0 radical (unpaired) electrons. The van der Waals surface area contributed by atoms with E-state index in [0.29, 0.717) is 16.8 Å². The van der Waals surface area contributed by atoms with Gasteiger partial charge in [0.15, 0.2) is 0 Å². The number of nitrogens with zero attached hydrogens (tertiary/aromatic N) is 3. The second kappa shape index (κ2) is 6.62. The van der Waals surface area contributed by atoms with Gasteiger partial charge in [-0.1, -0.05) is 6.07 Å². The number of carbonyl (C=O) groups excluding carboxylic acids is 1. The van der Waals surface area contributed by atoms with E-state index >= 15 is 0 Å². The van der Waals surface area contributed by atoms with Crippen LogP contribution < -0.4 is 5.32 Å². The lowest BCUT2D eigenvalue weighted by Gasteiger charge is -2.09. The van der Waals surface area contributed by atoms with Crippen LogP contribution in [0.2, 0.25) is 0 Å². The fourth-order valence-corrected chi connectivity index (χ4v) is 2.46. The summed E-state index contributed by atoms with van der Waals surface area (Å²) in [5, 5.41) is 6.86. The molecule has 0 atom stereocenters. The molecule has 0 unspecified atom stereocenters. The molecule has 5 nitrogen and oxygen atoms in total. The van der Waals surface area contributed by atoms with Gasteiger partial charge in [0.1, 0.15) is 5.82 Å². The van der Waals surface area contributed by atoms with Gasteiger partial charge in [-0.25, -0.2) is 4.39 Å². The highest BCUT2D eigenvalue weighted by Crippen LogP contribution is 2.21. The Hall–Kier alpha value is -3.02. The van der Waals surface area contributed by atoms with E-state index in [0.717, 1.165) is 11.1 Å². The first-order valence-corrected chi connectivity index (χ1v) is 7.52. The number of hydrogen-bond acceptors (Lipinski definition) is 3. The Labute approximate surface area is 139 Å². The summed E-state index contributed by atoms with van der Waals surface area (Å²) in [6.07, 6.45) is 5.20. The second-order valence-electron chi connectivity index (χ2n) is 5.53. The SMILES string of the molecule is Cc1ncccc1C(=O)NCc1cc(-c2cnn(C)c2)ccc1F. The van der Waals surface area contributed by atoms with Crippen LogP contribution in [0.25, 0.3) is 11.1 Å². The smallest absolute Gasteiger partial charge is 0.253 e. The molecular weight excluding hydrogens is 307 g/mol. The molecule has 0 aliphatic rings. The number of nitrogens with one attached hydrogen (secondary N) is 1. The van der Waals surface area contributed by atoms with Crippen molar-refractivity contribution >= 4 is 5.91 Å². The highest BCUT2D eigenvalue weighted by Gasteiger charge is 2.11. The van der Waals surface area contributed by atoms with Crippen LogP contribution in [0.15, 0.2) is 48.9 Å².